The Morgan fingerprint density at radius 1 is 1.07 bits per heavy atom. The van der Waals surface area contributed by atoms with E-state index < -0.39 is 5.41 Å². The third-order valence-electron chi connectivity index (χ3n) is 6.01. The smallest absolute Gasteiger partial charge is 0.230 e. The molecule has 30 heavy (non-hydrogen) atoms. The van der Waals surface area contributed by atoms with Gasteiger partial charge in [-0.05, 0) is 48.7 Å². The van der Waals surface area contributed by atoms with E-state index in [1.807, 2.05) is 42.5 Å². The number of hydrogen-bond acceptors (Lipinski definition) is 4. The molecule has 0 aliphatic carbocycles. The van der Waals surface area contributed by atoms with Gasteiger partial charge in [-0.25, -0.2) is 0 Å². The van der Waals surface area contributed by atoms with Gasteiger partial charge >= 0.3 is 0 Å². The van der Waals surface area contributed by atoms with Crippen LogP contribution in [0, 0.1) is 0 Å². The van der Waals surface area contributed by atoms with E-state index in [1.54, 1.807) is 13.3 Å². The van der Waals surface area contributed by atoms with Gasteiger partial charge in [-0.15, -0.1) is 0 Å². The van der Waals surface area contributed by atoms with Gasteiger partial charge in [0.25, 0.3) is 0 Å². The van der Waals surface area contributed by atoms with Crippen LogP contribution in [-0.4, -0.2) is 36.0 Å². The summed E-state index contributed by atoms with van der Waals surface area (Å²) in [5, 5.41) is 0. The normalized spacial score (nSPS) is 19.4. The summed E-state index contributed by atoms with van der Waals surface area (Å²) in [5.74, 6) is 0.549. The van der Waals surface area contributed by atoms with Gasteiger partial charge in [0.1, 0.15) is 11.2 Å². The molecule has 1 amide bonds. The number of nitrogens with zero attached hydrogens (tertiary/aromatic N) is 2. The highest BCUT2D eigenvalue weighted by atomic mass is 16.5. The SMILES string of the molecule is COc1ccccc1-c1ccccc1CN1CCC[C@](C(N)=O)(c2ccccn2)C1. The van der Waals surface area contributed by atoms with Crippen molar-refractivity contribution in [2.45, 2.75) is 24.8 Å². The van der Waals surface area contributed by atoms with Crippen LogP contribution in [0.4, 0.5) is 0 Å². The van der Waals surface area contributed by atoms with Gasteiger partial charge in [0.05, 0.1) is 12.8 Å². The molecule has 1 aromatic heterocycles. The third kappa shape index (κ3) is 3.81. The lowest BCUT2D eigenvalue weighted by Crippen LogP contribution is -2.53. The Labute approximate surface area is 177 Å². The highest BCUT2D eigenvalue weighted by Gasteiger charge is 2.43. The predicted molar refractivity (Wildman–Crippen MR) is 118 cm³/mol. The van der Waals surface area contributed by atoms with Crippen LogP contribution in [0.2, 0.25) is 0 Å². The molecule has 0 radical (unpaired) electrons. The summed E-state index contributed by atoms with van der Waals surface area (Å²) >= 11 is 0. The number of primary amides is 1. The van der Waals surface area contributed by atoms with Crippen LogP contribution in [0.5, 0.6) is 5.75 Å². The summed E-state index contributed by atoms with van der Waals surface area (Å²) in [4.78, 5) is 19.4. The number of aromatic nitrogens is 1. The number of amides is 1. The summed E-state index contributed by atoms with van der Waals surface area (Å²) in [7, 11) is 1.69. The van der Waals surface area contributed by atoms with Crippen LogP contribution in [0.15, 0.2) is 72.9 Å². The average Bonchev–Trinajstić information content (AvgIpc) is 2.80. The number of carbonyl (C=O) groups excluding carboxylic acids is 1. The van der Waals surface area contributed by atoms with E-state index >= 15 is 0 Å². The molecule has 2 N–H and O–H groups in total. The Balaban J connectivity index is 1.65. The van der Waals surface area contributed by atoms with Crippen LogP contribution in [0.3, 0.4) is 0 Å². The van der Waals surface area contributed by atoms with Crippen molar-refractivity contribution in [1.29, 1.82) is 0 Å². The van der Waals surface area contributed by atoms with Gasteiger partial charge in [0.15, 0.2) is 0 Å². The first kappa shape index (κ1) is 20.1. The second-order valence-electron chi connectivity index (χ2n) is 7.83. The Kier molecular flexibility index (Phi) is 5.81. The number of methoxy groups -OCH3 is 1. The highest BCUT2D eigenvalue weighted by Crippen LogP contribution is 2.36. The molecule has 1 saturated heterocycles. The first-order valence-corrected chi connectivity index (χ1v) is 10.3. The maximum Gasteiger partial charge on any atom is 0.230 e. The molecule has 5 heteroatoms. The largest absolute Gasteiger partial charge is 0.496 e. The molecule has 5 nitrogen and oxygen atoms in total. The number of carbonyl (C=O) groups is 1. The average molecular weight is 402 g/mol. The number of para-hydroxylation sites is 1. The van der Waals surface area contributed by atoms with E-state index in [-0.39, 0.29) is 5.91 Å². The third-order valence-corrected chi connectivity index (χ3v) is 6.01. The van der Waals surface area contributed by atoms with Crippen LogP contribution >= 0.6 is 0 Å². The molecular weight excluding hydrogens is 374 g/mol. The second-order valence-corrected chi connectivity index (χ2v) is 7.83. The molecule has 0 bridgehead atoms. The molecule has 1 fully saturated rings. The monoisotopic (exact) mass is 401 g/mol. The maximum atomic E-state index is 12.6. The van der Waals surface area contributed by atoms with Crippen molar-refractivity contribution in [1.82, 2.24) is 9.88 Å². The second kappa shape index (κ2) is 8.67. The van der Waals surface area contributed by atoms with Crippen molar-refractivity contribution < 1.29 is 9.53 Å². The van der Waals surface area contributed by atoms with E-state index in [2.05, 4.69) is 34.1 Å². The number of rotatable bonds is 6. The number of ether oxygens (including phenoxy) is 1. The fraction of sp³-hybridized carbons (Fsp3) is 0.280. The molecule has 2 heterocycles. The number of benzene rings is 2. The summed E-state index contributed by atoms with van der Waals surface area (Å²) in [5.41, 5.74) is 9.35. The van der Waals surface area contributed by atoms with Crippen molar-refractivity contribution in [3.8, 4) is 16.9 Å². The minimum atomic E-state index is -0.751. The lowest BCUT2D eigenvalue weighted by Gasteiger charge is -2.40. The van der Waals surface area contributed by atoms with Crippen molar-refractivity contribution in [3.63, 3.8) is 0 Å². The molecule has 0 unspecified atom stereocenters. The van der Waals surface area contributed by atoms with Crippen molar-refractivity contribution in [2.24, 2.45) is 5.73 Å². The molecule has 4 rings (SSSR count). The molecule has 154 valence electrons. The Hall–Kier alpha value is -3.18. The van der Waals surface area contributed by atoms with Crippen LogP contribution in [0.25, 0.3) is 11.1 Å². The molecule has 1 atom stereocenters. The highest BCUT2D eigenvalue weighted by molar-refractivity contribution is 5.86. The zero-order valence-corrected chi connectivity index (χ0v) is 17.3. The summed E-state index contributed by atoms with van der Waals surface area (Å²) in [6.07, 6.45) is 3.36. The molecular formula is C25H27N3O2. The van der Waals surface area contributed by atoms with Gasteiger partial charge in [-0.1, -0.05) is 48.5 Å². The minimum absolute atomic E-state index is 0.302. The zero-order chi connectivity index (χ0) is 21.0. The number of nitrogens with two attached hydrogens (primary N) is 1. The quantitative estimate of drug-likeness (QED) is 0.683. The molecule has 0 spiro atoms. The summed E-state index contributed by atoms with van der Waals surface area (Å²) in [6, 6.07) is 22.1. The topological polar surface area (TPSA) is 68.5 Å². The zero-order valence-electron chi connectivity index (χ0n) is 17.3. The van der Waals surface area contributed by atoms with E-state index in [0.717, 1.165) is 48.5 Å². The van der Waals surface area contributed by atoms with Gasteiger partial charge in [0, 0.05) is 24.8 Å². The fourth-order valence-corrected chi connectivity index (χ4v) is 4.49. The van der Waals surface area contributed by atoms with E-state index in [4.69, 9.17) is 10.5 Å². The van der Waals surface area contributed by atoms with Crippen molar-refractivity contribution >= 4 is 5.91 Å². The Bertz CT molecular complexity index is 1020. The summed E-state index contributed by atoms with van der Waals surface area (Å²) in [6.45, 7) is 2.22. The van der Waals surface area contributed by atoms with Crippen LogP contribution < -0.4 is 10.5 Å². The molecule has 0 saturated carbocycles. The van der Waals surface area contributed by atoms with Gasteiger partial charge < -0.3 is 10.5 Å². The van der Waals surface area contributed by atoms with Crippen LogP contribution in [-0.2, 0) is 16.8 Å². The molecule has 1 aliphatic rings. The lowest BCUT2D eigenvalue weighted by molar-refractivity contribution is -0.126. The van der Waals surface area contributed by atoms with E-state index in [9.17, 15) is 4.79 Å². The Morgan fingerprint density at radius 3 is 2.53 bits per heavy atom. The number of likely N-dealkylation sites (tertiary alicyclic amines) is 1. The first-order chi connectivity index (χ1) is 14.6. The van der Waals surface area contributed by atoms with Crippen molar-refractivity contribution in [3.05, 3.63) is 84.2 Å². The fourth-order valence-electron chi connectivity index (χ4n) is 4.49. The number of piperidine rings is 1. The van der Waals surface area contributed by atoms with Gasteiger partial charge in [-0.2, -0.15) is 0 Å². The van der Waals surface area contributed by atoms with Gasteiger partial charge in [-0.3, -0.25) is 14.7 Å². The number of hydrogen-bond donors (Lipinski definition) is 1. The molecule has 3 aromatic rings. The minimum Gasteiger partial charge on any atom is -0.496 e. The Morgan fingerprint density at radius 2 is 1.80 bits per heavy atom. The standard InChI is InChI=1S/C25H27N3O2/c1-30-22-12-5-4-11-21(22)20-10-3-2-9-19(20)17-28-16-8-14-25(18-28,24(26)29)23-13-6-7-15-27-23/h2-7,9-13,15H,8,14,16-18H2,1H3,(H2,26,29)/t25-/m1/s1. The predicted octanol–water partition coefficient (Wildman–Crippen LogP) is 3.78. The molecule has 1 aliphatic heterocycles. The first-order valence-electron chi connectivity index (χ1n) is 10.3. The van der Waals surface area contributed by atoms with E-state index in [1.165, 1.54) is 5.56 Å². The van der Waals surface area contributed by atoms with Crippen molar-refractivity contribution in [2.75, 3.05) is 20.2 Å². The van der Waals surface area contributed by atoms with E-state index in [0.29, 0.717) is 6.54 Å². The number of pyridine rings is 1. The van der Waals surface area contributed by atoms with Crippen LogP contribution in [0.1, 0.15) is 24.1 Å². The summed E-state index contributed by atoms with van der Waals surface area (Å²) < 4.78 is 5.58. The maximum absolute atomic E-state index is 12.6. The molecule has 2 aromatic carbocycles. The van der Waals surface area contributed by atoms with Gasteiger partial charge in [0.2, 0.25) is 5.91 Å². The lowest BCUT2D eigenvalue weighted by atomic mass is 9.76.